The highest BCUT2D eigenvalue weighted by Crippen LogP contribution is 2.56. The van der Waals surface area contributed by atoms with Crippen molar-refractivity contribution in [1.29, 1.82) is 0 Å². The number of hydrogen-bond acceptors (Lipinski definition) is 12. The van der Waals surface area contributed by atoms with Crippen molar-refractivity contribution in [3.8, 4) is 45.8 Å². The summed E-state index contributed by atoms with van der Waals surface area (Å²) in [5, 5.41) is 18.0. The van der Waals surface area contributed by atoms with E-state index in [1.165, 1.54) is 53.0 Å². The smallest absolute Gasteiger partial charge is 0.231 e. The second-order valence-electron chi connectivity index (χ2n) is 12.6. The maximum Gasteiger partial charge on any atom is 0.231 e. The van der Waals surface area contributed by atoms with Crippen LogP contribution in [0.25, 0.3) is 11.3 Å². The Hall–Kier alpha value is -5.27. The van der Waals surface area contributed by atoms with E-state index in [0.717, 1.165) is 16.3 Å². The fourth-order valence-electron chi connectivity index (χ4n) is 6.96. The number of aliphatic hydroxyl groups excluding tert-OH is 1. The lowest BCUT2D eigenvalue weighted by molar-refractivity contribution is -0.121. The summed E-state index contributed by atoms with van der Waals surface area (Å²) in [6, 6.07) is 14.5. The van der Waals surface area contributed by atoms with Crippen LogP contribution in [0.4, 0.5) is 0 Å². The summed E-state index contributed by atoms with van der Waals surface area (Å²) in [7, 11) is 7.12. The molecule has 3 atom stereocenters. The minimum Gasteiger partial charge on any atom is -0.507 e. The summed E-state index contributed by atoms with van der Waals surface area (Å²) in [5.74, 6) is -2.98. The molecule has 1 unspecified atom stereocenters. The third-order valence-electron chi connectivity index (χ3n) is 9.62. The molecule has 0 saturated heterocycles. The van der Waals surface area contributed by atoms with Gasteiger partial charge in [0, 0.05) is 60.2 Å². The third kappa shape index (κ3) is 6.63. The van der Waals surface area contributed by atoms with Crippen molar-refractivity contribution in [3.05, 3.63) is 86.4 Å². The van der Waals surface area contributed by atoms with Gasteiger partial charge in [-0.25, -0.2) is 4.98 Å². The molecule has 2 heterocycles. The van der Waals surface area contributed by atoms with Crippen LogP contribution in [0.3, 0.4) is 0 Å². The number of halogens is 1. The van der Waals surface area contributed by atoms with Gasteiger partial charge in [0.15, 0.2) is 28.8 Å². The molecule has 1 aromatic heterocycles. The Morgan fingerprint density at radius 3 is 2.28 bits per heavy atom. The number of aliphatic hydroxyl groups is 1. The van der Waals surface area contributed by atoms with Crippen molar-refractivity contribution in [1.82, 2.24) is 10.3 Å². The summed E-state index contributed by atoms with van der Waals surface area (Å²) in [4.78, 5) is 47.0. The number of Topliss-reactive ketones (excluding diaryl/α,β-unsaturated/α-hetero) is 2. The van der Waals surface area contributed by atoms with E-state index in [1.807, 2.05) is 35.7 Å². The van der Waals surface area contributed by atoms with Gasteiger partial charge in [-0.1, -0.05) is 48.9 Å². The molecule has 12 nitrogen and oxygen atoms in total. The van der Waals surface area contributed by atoms with Gasteiger partial charge < -0.3 is 38.8 Å². The number of ketones is 2. The highest BCUT2D eigenvalue weighted by molar-refractivity contribution is 7.09. The number of carbonyl (C=O) groups excluding carboxylic acids is 3. The van der Waals surface area contributed by atoms with Crippen molar-refractivity contribution in [2.45, 2.75) is 37.7 Å². The first-order valence-corrected chi connectivity index (χ1v) is 18.0. The Bertz CT molecular complexity index is 2070. The maximum absolute atomic E-state index is 14.5. The van der Waals surface area contributed by atoms with Gasteiger partial charge in [0.2, 0.25) is 23.0 Å². The zero-order chi connectivity index (χ0) is 38.0. The Morgan fingerprint density at radius 1 is 1.00 bits per heavy atom. The zero-order valence-corrected chi connectivity index (χ0v) is 31.6. The number of benzene rings is 3. The Morgan fingerprint density at radius 2 is 1.66 bits per heavy atom. The van der Waals surface area contributed by atoms with Gasteiger partial charge in [0.25, 0.3) is 0 Å². The van der Waals surface area contributed by atoms with Crippen molar-refractivity contribution in [2.75, 3.05) is 42.1 Å². The van der Waals surface area contributed by atoms with Gasteiger partial charge >= 0.3 is 0 Å². The first-order valence-electron chi connectivity index (χ1n) is 16.7. The van der Waals surface area contributed by atoms with Crippen molar-refractivity contribution in [2.24, 2.45) is 5.92 Å². The van der Waals surface area contributed by atoms with Crippen LogP contribution >= 0.6 is 22.9 Å². The molecular weight excluding hydrogens is 724 g/mol. The highest BCUT2D eigenvalue weighted by Gasteiger charge is 2.61. The number of amides is 1. The molecule has 1 aliphatic heterocycles. The van der Waals surface area contributed by atoms with Crippen LogP contribution in [-0.2, 0) is 16.0 Å². The SMILES string of the molecule is COc1cc(OC)c2c(c1Cl)O[C@]1(C2=O)C(O)=C(C(CC(=O)NCCc2nc(-c3ccccc3)cs2)c2cc(OC)c(OC)c(OC)c2)C(=O)C[C@H]1C. The lowest BCUT2D eigenvalue weighted by Gasteiger charge is -2.38. The quantitative estimate of drug-likeness (QED) is 0.148. The number of nitrogens with one attached hydrogen (secondary N) is 1. The van der Waals surface area contributed by atoms with Gasteiger partial charge in [-0.3, -0.25) is 14.4 Å². The molecule has 3 aromatic carbocycles. The Balaban J connectivity index is 1.39. The number of rotatable bonds is 13. The van der Waals surface area contributed by atoms with Gasteiger partial charge in [-0.05, 0) is 17.7 Å². The number of carbonyl (C=O) groups is 3. The van der Waals surface area contributed by atoms with E-state index in [-0.39, 0.29) is 64.3 Å². The van der Waals surface area contributed by atoms with Crippen LogP contribution in [0.15, 0.2) is 65.2 Å². The fraction of sp³-hybridized carbons (Fsp3) is 0.333. The third-order valence-corrected chi connectivity index (χ3v) is 10.9. The molecule has 6 rings (SSSR count). The number of nitrogens with zero attached hydrogens (tertiary/aromatic N) is 1. The van der Waals surface area contributed by atoms with Crippen LogP contribution < -0.4 is 33.7 Å². The van der Waals surface area contributed by atoms with Gasteiger partial charge in [-0.2, -0.15) is 0 Å². The van der Waals surface area contributed by atoms with Crippen molar-refractivity contribution < 1.29 is 47.9 Å². The summed E-state index contributed by atoms with van der Waals surface area (Å²) in [5.41, 5.74) is 0.0299. The lowest BCUT2D eigenvalue weighted by atomic mass is 9.69. The fourth-order valence-corrected chi connectivity index (χ4v) is 8.03. The second kappa shape index (κ2) is 15.4. The molecule has 278 valence electrons. The molecule has 53 heavy (non-hydrogen) atoms. The molecule has 14 heteroatoms. The zero-order valence-electron chi connectivity index (χ0n) is 30.0. The standard InChI is InChI=1S/C39H39ClN2O10S/c1-20-14-25(43)32(37(45)39(20)38(46)33-26(47-2)18-27(48-3)34(40)36(33)52-39)23(22-15-28(49-4)35(51-6)29(16-22)50-5)17-30(44)41-13-12-31-42-24(19-53-31)21-10-8-7-9-11-21/h7-11,15-16,18-20,23,45H,12-14,17H2,1-6H3,(H,41,44)/t20-,23?,39+/m1/s1. The molecule has 1 aliphatic carbocycles. The first-order chi connectivity index (χ1) is 25.5. The maximum atomic E-state index is 14.5. The number of thiazole rings is 1. The number of allylic oxidation sites excluding steroid dienone is 1. The molecule has 0 radical (unpaired) electrons. The number of methoxy groups -OCH3 is 5. The molecule has 2 aliphatic rings. The van der Waals surface area contributed by atoms with Crippen LogP contribution in [0, 0.1) is 5.92 Å². The average Bonchev–Trinajstić information content (AvgIpc) is 3.77. The van der Waals surface area contributed by atoms with E-state index in [2.05, 4.69) is 5.32 Å². The minimum atomic E-state index is -2.05. The Labute approximate surface area is 315 Å². The van der Waals surface area contributed by atoms with E-state index in [4.69, 9.17) is 45.0 Å². The first kappa shape index (κ1) is 37.5. The molecule has 1 spiro atoms. The van der Waals surface area contributed by atoms with E-state index in [1.54, 1.807) is 19.1 Å². The predicted octanol–water partition coefficient (Wildman–Crippen LogP) is 6.77. The topological polar surface area (TPSA) is 152 Å². The van der Waals surface area contributed by atoms with Gasteiger partial charge in [0.05, 0.1) is 46.3 Å². The number of aromatic nitrogens is 1. The van der Waals surface area contributed by atoms with Gasteiger partial charge in [0.1, 0.15) is 22.1 Å². The van der Waals surface area contributed by atoms with Crippen LogP contribution in [-0.4, -0.2) is 75.3 Å². The normalized spacial score (nSPS) is 18.4. The molecular formula is C39H39ClN2O10S. The number of ether oxygens (including phenoxy) is 6. The molecule has 2 N–H and O–H groups in total. The van der Waals surface area contributed by atoms with Crippen LogP contribution in [0.1, 0.15) is 46.6 Å². The van der Waals surface area contributed by atoms with E-state index in [0.29, 0.717) is 17.7 Å². The number of fused-ring (bicyclic) bond motifs is 1. The summed E-state index contributed by atoms with van der Waals surface area (Å²) in [6.07, 6.45) is -0.00875. The molecule has 1 amide bonds. The molecule has 4 aromatic rings. The van der Waals surface area contributed by atoms with Gasteiger partial charge in [-0.15, -0.1) is 11.3 Å². The predicted molar refractivity (Wildman–Crippen MR) is 198 cm³/mol. The second-order valence-corrected chi connectivity index (χ2v) is 13.9. The van der Waals surface area contributed by atoms with E-state index < -0.39 is 40.7 Å². The minimum absolute atomic E-state index is 0.00338. The van der Waals surface area contributed by atoms with Crippen molar-refractivity contribution in [3.63, 3.8) is 0 Å². The van der Waals surface area contributed by atoms with Crippen LogP contribution in [0.5, 0.6) is 34.5 Å². The monoisotopic (exact) mass is 762 g/mol. The lowest BCUT2D eigenvalue weighted by Crippen LogP contribution is -2.53. The molecule has 0 saturated carbocycles. The largest absolute Gasteiger partial charge is 0.507 e. The van der Waals surface area contributed by atoms with E-state index >= 15 is 0 Å². The Kier molecular flexibility index (Phi) is 10.9. The van der Waals surface area contributed by atoms with Crippen molar-refractivity contribution >= 4 is 40.4 Å². The van der Waals surface area contributed by atoms with Crippen LogP contribution in [0.2, 0.25) is 5.02 Å². The number of hydrogen-bond donors (Lipinski definition) is 2. The molecule has 0 fully saturated rings. The molecule has 0 bridgehead atoms. The average molecular weight is 763 g/mol. The highest BCUT2D eigenvalue weighted by atomic mass is 35.5. The summed E-state index contributed by atoms with van der Waals surface area (Å²) >= 11 is 8.13. The summed E-state index contributed by atoms with van der Waals surface area (Å²) < 4.78 is 34.0. The van der Waals surface area contributed by atoms with E-state index in [9.17, 15) is 19.5 Å². The summed E-state index contributed by atoms with van der Waals surface area (Å²) in [6.45, 7) is 1.90.